The molecule has 3 nitrogen and oxygen atoms in total. The lowest BCUT2D eigenvalue weighted by Crippen LogP contribution is -1.79. The highest BCUT2D eigenvalue weighted by atomic mass is 16.2. The minimum atomic E-state index is 0.250. The van der Waals surface area contributed by atoms with Gasteiger partial charge in [-0.15, -0.1) is 0 Å². The van der Waals surface area contributed by atoms with Gasteiger partial charge in [-0.2, -0.15) is 0 Å². The van der Waals surface area contributed by atoms with Crippen LogP contribution in [0.3, 0.4) is 0 Å². The van der Waals surface area contributed by atoms with Crippen LogP contribution in [0.1, 0.15) is 6.92 Å². The second-order valence-electron chi connectivity index (χ2n) is 1.73. The zero-order chi connectivity index (χ0) is 9.82. The molecule has 70 valence electrons. The normalized spacial score (nSPS) is 7.00. The van der Waals surface area contributed by atoms with Gasteiger partial charge in [0, 0.05) is 19.4 Å². The maximum absolute atomic E-state index is 7.57. The summed E-state index contributed by atoms with van der Waals surface area (Å²) in [6, 6.07) is 9.49. The van der Waals surface area contributed by atoms with Crippen molar-refractivity contribution in [1.82, 2.24) is 0 Å². The molecule has 0 fully saturated rings. The Bertz CT molecular complexity index is 154. The Balaban J connectivity index is 0. The Labute approximate surface area is 73.5 Å². The lowest BCUT2D eigenvalue weighted by Gasteiger charge is -1.83. The Morgan fingerprint density at radius 2 is 1.50 bits per heavy atom. The zero-order valence-electron chi connectivity index (χ0n) is 7.57. The van der Waals surface area contributed by atoms with Crippen LogP contribution < -0.4 is 5.73 Å². The van der Waals surface area contributed by atoms with Crippen molar-refractivity contribution in [2.75, 3.05) is 19.5 Å². The van der Waals surface area contributed by atoms with Gasteiger partial charge in [0.2, 0.25) is 0 Å². The summed E-state index contributed by atoms with van der Waals surface area (Å²) in [7, 11) is 1.00. The molecule has 0 aliphatic rings. The van der Waals surface area contributed by atoms with Gasteiger partial charge in [0.05, 0.1) is 0 Å². The lowest BCUT2D eigenvalue weighted by atomic mass is 10.3. The molecule has 0 amide bonds. The van der Waals surface area contributed by atoms with E-state index >= 15 is 0 Å². The van der Waals surface area contributed by atoms with E-state index in [1.54, 1.807) is 6.92 Å². The molecule has 0 radical (unpaired) electrons. The number of hydrogen-bond acceptors (Lipinski definition) is 3. The molecule has 12 heavy (non-hydrogen) atoms. The Morgan fingerprint density at radius 1 is 1.17 bits per heavy atom. The quantitative estimate of drug-likeness (QED) is 0.507. The van der Waals surface area contributed by atoms with Crippen molar-refractivity contribution in [3.8, 4) is 0 Å². The molecule has 0 spiro atoms. The van der Waals surface area contributed by atoms with Gasteiger partial charge < -0.3 is 15.9 Å². The van der Waals surface area contributed by atoms with Gasteiger partial charge in [-0.1, -0.05) is 18.2 Å². The number of aliphatic hydroxyl groups is 2. The number of nitrogens with two attached hydrogens (primary N) is 1. The van der Waals surface area contributed by atoms with Crippen molar-refractivity contribution in [1.29, 1.82) is 0 Å². The standard InChI is InChI=1S/C6H7N.C2H6O.CH4O/c7-6-4-2-1-3-5-6;1-2-3;1-2/h1-5H,7H2;3H,2H2,1H3;2H,1H3. The third-order valence-corrected chi connectivity index (χ3v) is 0.800. The number of anilines is 1. The fraction of sp³-hybridized carbons (Fsp3) is 0.333. The molecule has 0 unspecified atom stereocenters. The van der Waals surface area contributed by atoms with Gasteiger partial charge in [-0.3, -0.25) is 0 Å². The monoisotopic (exact) mass is 171 g/mol. The van der Waals surface area contributed by atoms with Crippen molar-refractivity contribution in [3.05, 3.63) is 30.3 Å². The minimum absolute atomic E-state index is 0.250. The first-order chi connectivity index (χ1) is 5.81. The number of rotatable bonds is 0. The van der Waals surface area contributed by atoms with E-state index in [0.717, 1.165) is 12.8 Å². The molecule has 1 aromatic carbocycles. The third kappa shape index (κ3) is 11.7. The SMILES string of the molecule is CCO.CO.Nc1ccccc1. The average molecular weight is 171 g/mol. The van der Waals surface area contributed by atoms with E-state index < -0.39 is 0 Å². The fourth-order valence-corrected chi connectivity index (χ4v) is 0.453. The molecule has 1 rings (SSSR count). The van der Waals surface area contributed by atoms with E-state index in [1.807, 2.05) is 30.3 Å². The highest BCUT2D eigenvalue weighted by molar-refractivity contribution is 5.35. The highest BCUT2D eigenvalue weighted by Gasteiger charge is 1.72. The number of nitrogen functional groups attached to an aromatic ring is 1. The largest absolute Gasteiger partial charge is 0.400 e. The van der Waals surface area contributed by atoms with Crippen molar-refractivity contribution < 1.29 is 10.2 Å². The van der Waals surface area contributed by atoms with E-state index in [0.29, 0.717) is 0 Å². The van der Waals surface area contributed by atoms with Gasteiger partial charge >= 0.3 is 0 Å². The Kier molecular flexibility index (Phi) is 14.2. The van der Waals surface area contributed by atoms with Gasteiger partial charge in [0.1, 0.15) is 0 Å². The lowest BCUT2D eigenvalue weighted by molar-refractivity contribution is 0.318. The first kappa shape index (κ1) is 13.5. The van der Waals surface area contributed by atoms with Crippen molar-refractivity contribution in [2.24, 2.45) is 0 Å². The van der Waals surface area contributed by atoms with E-state index in [1.165, 1.54) is 0 Å². The van der Waals surface area contributed by atoms with Crippen LogP contribution in [0, 0.1) is 0 Å². The maximum Gasteiger partial charge on any atom is 0.0402 e. The number of benzene rings is 1. The third-order valence-electron chi connectivity index (χ3n) is 0.800. The summed E-state index contributed by atoms with van der Waals surface area (Å²) in [5, 5.41) is 14.6. The molecule has 0 heterocycles. The molecule has 0 saturated carbocycles. The second kappa shape index (κ2) is 12.6. The van der Waals surface area contributed by atoms with E-state index in [2.05, 4.69) is 0 Å². The van der Waals surface area contributed by atoms with Crippen LogP contribution in [0.4, 0.5) is 5.69 Å². The molecule has 0 aliphatic heterocycles. The predicted molar refractivity (Wildman–Crippen MR) is 51.8 cm³/mol. The highest BCUT2D eigenvalue weighted by Crippen LogP contribution is 1.95. The molecule has 3 heteroatoms. The maximum atomic E-state index is 7.57. The van der Waals surface area contributed by atoms with E-state index in [4.69, 9.17) is 15.9 Å². The smallest absolute Gasteiger partial charge is 0.0402 e. The van der Waals surface area contributed by atoms with E-state index in [-0.39, 0.29) is 6.61 Å². The van der Waals surface area contributed by atoms with Gasteiger partial charge in [-0.25, -0.2) is 0 Å². The summed E-state index contributed by atoms with van der Waals surface area (Å²) in [5.41, 5.74) is 6.18. The van der Waals surface area contributed by atoms with Crippen LogP contribution in [0.25, 0.3) is 0 Å². The summed E-state index contributed by atoms with van der Waals surface area (Å²) < 4.78 is 0. The summed E-state index contributed by atoms with van der Waals surface area (Å²) in [5.74, 6) is 0. The predicted octanol–water partition coefficient (Wildman–Crippen LogP) is 0.876. The summed E-state index contributed by atoms with van der Waals surface area (Å²) >= 11 is 0. The minimum Gasteiger partial charge on any atom is -0.400 e. The molecular weight excluding hydrogens is 154 g/mol. The fourth-order valence-electron chi connectivity index (χ4n) is 0.453. The van der Waals surface area contributed by atoms with Crippen molar-refractivity contribution >= 4 is 5.69 Å². The second-order valence-corrected chi connectivity index (χ2v) is 1.73. The van der Waals surface area contributed by atoms with E-state index in [9.17, 15) is 0 Å². The van der Waals surface area contributed by atoms with Gasteiger partial charge in [-0.05, 0) is 19.1 Å². The first-order valence-electron chi connectivity index (χ1n) is 3.67. The molecule has 1 aromatic rings. The number of para-hydroxylation sites is 1. The average Bonchev–Trinajstić information content (AvgIpc) is 2.11. The van der Waals surface area contributed by atoms with Crippen LogP contribution in [0.2, 0.25) is 0 Å². The van der Waals surface area contributed by atoms with Crippen LogP contribution in [-0.2, 0) is 0 Å². The number of aliphatic hydroxyl groups excluding tert-OH is 2. The van der Waals surface area contributed by atoms with Crippen LogP contribution in [0.15, 0.2) is 30.3 Å². The molecular formula is C9H17NO2. The molecule has 0 aliphatic carbocycles. The summed E-state index contributed by atoms with van der Waals surface area (Å²) in [6.45, 7) is 1.93. The number of hydrogen-bond donors (Lipinski definition) is 3. The molecule has 0 aromatic heterocycles. The topological polar surface area (TPSA) is 66.5 Å². The van der Waals surface area contributed by atoms with Crippen LogP contribution in [0.5, 0.6) is 0 Å². The van der Waals surface area contributed by atoms with Gasteiger partial charge in [0.15, 0.2) is 0 Å². The Hall–Kier alpha value is -1.06. The first-order valence-corrected chi connectivity index (χ1v) is 3.67. The molecule has 0 bridgehead atoms. The summed E-state index contributed by atoms with van der Waals surface area (Å²) in [6.07, 6.45) is 0. The molecule has 0 saturated heterocycles. The molecule has 0 atom stereocenters. The molecule has 4 N–H and O–H groups in total. The summed E-state index contributed by atoms with van der Waals surface area (Å²) in [4.78, 5) is 0. The van der Waals surface area contributed by atoms with Crippen molar-refractivity contribution in [3.63, 3.8) is 0 Å². The van der Waals surface area contributed by atoms with Crippen LogP contribution >= 0.6 is 0 Å². The zero-order valence-corrected chi connectivity index (χ0v) is 7.57. The van der Waals surface area contributed by atoms with Gasteiger partial charge in [0.25, 0.3) is 0 Å². The van der Waals surface area contributed by atoms with Crippen molar-refractivity contribution in [2.45, 2.75) is 6.92 Å². The van der Waals surface area contributed by atoms with Crippen LogP contribution in [-0.4, -0.2) is 23.9 Å². The Morgan fingerprint density at radius 3 is 1.67 bits per heavy atom.